The highest BCUT2D eigenvalue weighted by Gasteiger charge is 2.25. The highest BCUT2D eigenvalue weighted by Crippen LogP contribution is 2.22. The van der Waals surface area contributed by atoms with Gasteiger partial charge in [0, 0.05) is 5.69 Å². The first-order valence-corrected chi connectivity index (χ1v) is 6.99. The Morgan fingerprint density at radius 2 is 1.71 bits per heavy atom. The lowest BCUT2D eigenvalue weighted by atomic mass is 10.0. The van der Waals surface area contributed by atoms with Crippen molar-refractivity contribution in [3.63, 3.8) is 0 Å². The molecule has 0 spiro atoms. The second-order valence-electron chi connectivity index (χ2n) is 4.81. The van der Waals surface area contributed by atoms with Crippen molar-refractivity contribution in [2.24, 2.45) is 0 Å². The van der Waals surface area contributed by atoms with Crippen LogP contribution in [0.5, 0.6) is 0 Å². The topological polar surface area (TPSA) is 98.7 Å². The number of anilines is 1. The predicted octanol–water partition coefficient (Wildman–Crippen LogP) is 1.77. The van der Waals surface area contributed by atoms with E-state index in [0.29, 0.717) is 5.69 Å². The van der Waals surface area contributed by atoms with Gasteiger partial charge in [0.15, 0.2) is 6.04 Å². The number of aliphatic hydroxyl groups excluding tert-OH is 1. The summed E-state index contributed by atoms with van der Waals surface area (Å²) < 4.78 is 0. The molecule has 1 aromatic rings. The van der Waals surface area contributed by atoms with Crippen LogP contribution >= 0.6 is 0 Å². The molecule has 21 heavy (non-hydrogen) atoms. The summed E-state index contributed by atoms with van der Waals surface area (Å²) in [6, 6.07) is 3.77. The van der Waals surface area contributed by atoms with Gasteiger partial charge in [-0.05, 0) is 30.9 Å². The zero-order valence-corrected chi connectivity index (χ0v) is 12.5. The number of hydrogen-bond acceptors (Lipinski definition) is 3. The Kier molecular flexibility index (Phi) is 6.17. The van der Waals surface area contributed by atoms with Gasteiger partial charge in [0.1, 0.15) is 0 Å². The number of rotatable bonds is 6. The number of amides is 2. The molecule has 6 nitrogen and oxygen atoms in total. The minimum atomic E-state index is -1.34. The van der Waals surface area contributed by atoms with E-state index in [2.05, 4.69) is 10.6 Å². The average Bonchev–Trinajstić information content (AvgIpc) is 2.44. The normalized spacial score (nSPS) is 13.3. The molecule has 0 radical (unpaired) electrons. The first-order valence-electron chi connectivity index (χ1n) is 6.99. The summed E-state index contributed by atoms with van der Waals surface area (Å²) in [6.45, 7) is 5.28. The summed E-state index contributed by atoms with van der Waals surface area (Å²) in [4.78, 5) is 22.9. The van der Waals surface area contributed by atoms with Gasteiger partial charge in [0.2, 0.25) is 0 Å². The van der Waals surface area contributed by atoms with Gasteiger partial charge in [-0.15, -0.1) is 0 Å². The van der Waals surface area contributed by atoms with Crippen molar-refractivity contribution in [1.29, 1.82) is 0 Å². The van der Waals surface area contributed by atoms with Gasteiger partial charge in [0.25, 0.3) is 0 Å². The molecule has 1 aromatic carbocycles. The second-order valence-corrected chi connectivity index (χ2v) is 4.81. The molecule has 0 unspecified atom stereocenters. The van der Waals surface area contributed by atoms with Gasteiger partial charge in [0.05, 0.1) is 6.10 Å². The Morgan fingerprint density at radius 1 is 1.19 bits per heavy atom. The van der Waals surface area contributed by atoms with E-state index in [1.165, 1.54) is 6.92 Å². The van der Waals surface area contributed by atoms with Crippen LogP contribution in [0.2, 0.25) is 0 Å². The number of hydrogen-bond donors (Lipinski definition) is 4. The van der Waals surface area contributed by atoms with E-state index in [1.807, 2.05) is 32.0 Å². The summed E-state index contributed by atoms with van der Waals surface area (Å²) in [6.07, 6.45) is 0.324. The Bertz CT molecular complexity index is 492. The van der Waals surface area contributed by atoms with Crippen LogP contribution < -0.4 is 10.6 Å². The maximum Gasteiger partial charge on any atom is 0.328 e. The van der Waals surface area contributed by atoms with E-state index >= 15 is 0 Å². The van der Waals surface area contributed by atoms with Crippen LogP contribution in [0.15, 0.2) is 18.2 Å². The number of para-hydroxylation sites is 1. The highest BCUT2D eigenvalue weighted by molar-refractivity contribution is 5.93. The number of carbonyl (C=O) groups is 2. The van der Waals surface area contributed by atoms with Gasteiger partial charge < -0.3 is 20.8 Å². The molecule has 0 aliphatic heterocycles. The smallest absolute Gasteiger partial charge is 0.328 e. The number of nitrogens with one attached hydrogen (secondary N) is 2. The molecule has 116 valence electrons. The molecule has 2 amide bonds. The van der Waals surface area contributed by atoms with Gasteiger partial charge in [-0.1, -0.05) is 32.0 Å². The number of aliphatic hydroxyl groups is 1. The SMILES string of the molecule is CCc1cccc(CC)c1NC(=O)N[C@H](C(=O)O)[C@@H](C)O. The molecule has 0 heterocycles. The minimum absolute atomic E-state index is 0.640. The standard InChI is InChI=1S/C15H22N2O4/c1-4-10-7-6-8-11(5-2)13(10)17-15(21)16-12(9(3)18)14(19)20/h6-9,12,18H,4-5H2,1-3H3,(H,19,20)(H2,16,17,21)/t9-,12+/m1/s1. The lowest BCUT2D eigenvalue weighted by molar-refractivity contribution is -0.141. The zero-order valence-electron chi connectivity index (χ0n) is 12.5. The molecule has 2 atom stereocenters. The first kappa shape index (κ1) is 17.0. The molecule has 6 heteroatoms. The third kappa shape index (κ3) is 4.46. The molecule has 0 aromatic heterocycles. The van der Waals surface area contributed by atoms with Gasteiger partial charge >= 0.3 is 12.0 Å². The van der Waals surface area contributed by atoms with Crippen molar-refractivity contribution in [2.45, 2.75) is 45.8 Å². The largest absolute Gasteiger partial charge is 0.480 e. The second kappa shape index (κ2) is 7.64. The quantitative estimate of drug-likeness (QED) is 0.642. The van der Waals surface area contributed by atoms with E-state index in [1.54, 1.807) is 0 Å². The van der Waals surface area contributed by atoms with E-state index < -0.39 is 24.1 Å². The van der Waals surface area contributed by atoms with Crippen molar-refractivity contribution >= 4 is 17.7 Å². The Hall–Kier alpha value is -2.08. The Morgan fingerprint density at radius 3 is 2.10 bits per heavy atom. The van der Waals surface area contributed by atoms with E-state index in [9.17, 15) is 14.7 Å². The van der Waals surface area contributed by atoms with Crippen LogP contribution in [0.3, 0.4) is 0 Å². The monoisotopic (exact) mass is 294 g/mol. The number of aryl methyl sites for hydroxylation is 2. The lowest BCUT2D eigenvalue weighted by Gasteiger charge is -2.19. The van der Waals surface area contributed by atoms with Gasteiger partial charge in [-0.2, -0.15) is 0 Å². The van der Waals surface area contributed by atoms with Crippen LogP contribution in [0.1, 0.15) is 31.9 Å². The Balaban J connectivity index is 2.90. The van der Waals surface area contributed by atoms with Crippen molar-refractivity contribution in [1.82, 2.24) is 5.32 Å². The molecule has 0 saturated carbocycles. The van der Waals surface area contributed by atoms with Crippen LogP contribution in [-0.4, -0.2) is 34.4 Å². The van der Waals surface area contributed by atoms with Gasteiger partial charge in [-0.25, -0.2) is 9.59 Å². The summed E-state index contributed by atoms with van der Waals surface area (Å²) >= 11 is 0. The van der Waals surface area contributed by atoms with Crippen LogP contribution in [-0.2, 0) is 17.6 Å². The van der Waals surface area contributed by atoms with E-state index in [4.69, 9.17) is 5.11 Å². The van der Waals surface area contributed by atoms with Crippen LogP contribution in [0, 0.1) is 0 Å². The number of carbonyl (C=O) groups excluding carboxylic acids is 1. The predicted molar refractivity (Wildman–Crippen MR) is 80.5 cm³/mol. The number of carboxylic acid groups (broad SMARTS) is 1. The van der Waals surface area contributed by atoms with E-state index in [0.717, 1.165) is 24.0 Å². The van der Waals surface area contributed by atoms with Crippen LogP contribution in [0.4, 0.5) is 10.5 Å². The third-order valence-electron chi connectivity index (χ3n) is 3.27. The maximum absolute atomic E-state index is 12.0. The molecular formula is C15H22N2O4. The maximum atomic E-state index is 12.0. The molecule has 0 bridgehead atoms. The van der Waals surface area contributed by atoms with Crippen LogP contribution in [0.25, 0.3) is 0 Å². The summed E-state index contributed by atoms with van der Waals surface area (Å²) in [7, 11) is 0. The Labute approximate surface area is 124 Å². The summed E-state index contributed by atoms with van der Waals surface area (Å²) in [5.74, 6) is -1.28. The van der Waals surface area contributed by atoms with Crippen molar-refractivity contribution in [2.75, 3.05) is 5.32 Å². The average molecular weight is 294 g/mol. The summed E-state index contributed by atoms with van der Waals surface area (Å²) in [5, 5.41) is 23.3. The molecule has 0 aliphatic carbocycles. The fourth-order valence-electron chi connectivity index (χ4n) is 2.08. The number of benzene rings is 1. The molecule has 4 N–H and O–H groups in total. The van der Waals surface area contributed by atoms with E-state index in [-0.39, 0.29) is 0 Å². The number of carboxylic acids is 1. The molecule has 0 aliphatic rings. The molecular weight excluding hydrogens is 272 g/mol. The third-order valence-corrected chi connectivity index (χ3v) is 3.27. The van der Waals surface area contributed by atoms with Crippen molar-refractivity contribution < 1.29 is 19.8 Å². The minimum Gasteiger partial charge on any atom is -0.480 e. The first-order chi connectivity index (χ1) is 9.90. The highest BCUT2D eigenvalue weighted by atomic mass is 16.4. The van der Waals surface area contributed by atoms with Crippen molar-refractivity contribution in [3.8, 4) is 0 Å². The molecule has 1 rings (SSSR count). The number of urea groups is 1. The molecule has 0 saturated heterocycles. The fraction of sp³-hybridized carbons (Fsp3) is 0.467. The molecule has 0 fully saturated rings. The zero-order chi connectivity index (χ0) is 16.0. The fourth-order valence-corrected chi connectivity index (χ4v) is 2.08. The van der Waals surface area contributed by atoms with Crippen molar-refractivity contribution in [3.05, 3.63) is 29.3 Å². The van der Waals surface area contributed by atoms with Gasteiger partial charge in [-0.3, -0.25) is 0 Å². The lowest BCUT2D eigenvalue weighted by Crippen LogP contribution is -2.49. The summed E-state index contributed by atoms with van der Waals surface area (Å²) in [5.41, 5.74) is 2.66. The number of aliphatic carboxylic acids is 1.